The van der Waals surface area contributed by atoms with Crippen molar-refractivity contribution in [3.05, 3.63) is 47.7 Å². The summed E-state index contributed by atoms with van der Waals surface area (Å²) in [6.45, 7) is 1.84. The zero-order chi connectivity index (χ0) is 17.0. The molecule has 7 nitrogen and oxygen atoms in total. The highest BCUT2D eigenvalue weighted by atomic mass is 32.2. The first-order chi connectivity index (χ1) is 10.8. The molecule has 0 aliphatic heterocycles. The molecule has 2 aromatic rings. The standard InChI is InChI=1S/C15H18N4O3S/c1-11-10-14(19(3)18-11)17-15(20)9-6-12-4-7-13(8-5-12)23(21,22)16-2/h4-10,16H,1-3H3,(H,17,20)/b9-6+. The van der Waals surface area contributed by atoms with E-state index in [0.717, 1.165) is 11.3 Å². The molecule has 8 heteroatoms. The fourth-order valence-corrected chi connectivity index (χ4v) is 2.67. The Bertz CT molecular complexity index is 836. The molecule has 0 atom stereocenters. The molecule has 1 aromatic carbocycles. The van der Waals surface area contributed by atoms with Crippen molar-refractivity contribution in [2.24, 2.45) is 7.05 Å². The van der Waals surface area contributed by atoms with E-state index in [1.807, 2.05) is 6.92 Å². The zero-order valence-corrected chi connectivity index (χ0v) is 13.9. The van der Waals surface area contributed by atoms with Crippen molar-refractivity contribution in [3.8, 4) is 0 Å². The Balaban J connectivity index is 2.05. The van der Waals surface area contributed by atoms with Crippen LogP contribution in [0.4, 0.5) is 5.82 Å². The molecule has 2 rings (SSSR count). The second kappa shape index (κ2) is 6.76. The smallest absolute Gasteiger partial charge is 0.249 e. The monoisotopic (exact) mass is 334 g/mol. The third kappa shape index (κ3) is 4.27. The van der Waals surface area contributed by atoms with Crippen LogP contribution in [0.3, 0.4) is 0 Å². The van der Waals surface area contributed by atoms with Crippen molar-refractivity contribution < 1.29 is 13.2 Å². The lowest BCUT2D eigenvalue weighted by molar-refractivity contribution is -0.111. The van der Waals surface area contributed by atoms with Crippen molar-refractivity contribution >= 4 is 27.8 Å². The van der Waals surface area contributed by atoms with E-state index >= 15 is 0 Å². The van der Waals surface area contributed by atoms with Gasteiger partial charge in [-0.3, -0.25) is 9.48 Å². The zero-order valence-electron chi connectivity index (χ0n) is 13.1. The van der Waals surface area contributed by atoms with Gasteiger partial charge in [-0.05, 0) is 37.7 Å². The molecule has 0 radical (unpaired) electrons. The molecule has 1 aromatic heterocycles. The summed E-state index contributed by atoms with van der Waals surface area (Å²) in [6, 6.07) is 7.98. The first-order valence-electron chi connectivity index (χ1n) is 6.85. The number of nitrogens with one attached hydrogen (secondary N) is 2. The number of aryl methyl sites for hydroxylation is 2. The van der Waals surface area contributed by atoms with E-state index in [1.54, 1.807) is 36.0 Å². The summed E-state index contributed by atoms with van der Waals surface area (Å²) >= 11 is 0. The Labute approximate surface area is 135 Å². The summed E-state index contributed by atoms with van der Waals surface area (Å²) in [7, 11) is -0.354. The molecule has 0 fully saturated rings. The SMILES string of the molecule is CNS(=O)(=O)c1ccc(/C=C/C(=O)Nc2cc(C)nn2C)cc1. The Morgan fingerprint density at radius 3 is 2.43 bits per heavy atom. The van der Waals surface area contributed by atoms with Crippen LogP contribution in [0.15, 0.2) is 41.3 Å². The van der Waals surface area contributed by atoms with Gasteiger partial charge >= 0.3 is 0 Å². The summed E-state index contributed by atoms with van der Waals surface area (Å²) < 4.78 is 27.1. The number of carbonyl (C=O) groups is 1. The normalized spacial score (nSPS) is 11.8. The lowest BCUT2D eigenvalue weighted by atomic mass is 10.2. The lowest BCUT2D eigenvalue weighted by Crippen LogP contribution is -2.18. The number of nitrogens with zero attached hydrogens (tertiary/aromatic N) is 2. The molecule has 0 saturated heterocycles. The number of sulfonamides is 1. The van der Waals surface area contributed by atoms with Gasteiger partial charge < -0.3 is 5.32 Å². The molecule has 1 amide bonds. The van der Waals surface area contributed by atoms with Crippen LogP contribution in [0.2, 0.25) is 0 Å². The number of hydrogen-bond donors (Lipinski definition) is 2. The van der Waals surface area contributed by atoms with Crippen LogP contribution in [0.25, 0.3) is 6.08 Å². The second-order valence-corrected chi connectivity index (χ2v) is 6.78. The number of benzene rings is 1. The molecule has 23 heavy (non-hydrogen) atoms. The third-order valence-electron chi connectivity index (χ3n) is 3.14. The summed E-state index contributed by atoms with van der Waals surface area (Å²) in [4.78, 5) is 12.0. The van der Waals surface area contributed by atoms with E-state index in [0.29, 0.717) is 5.82 Å². The molecular formula is C15H18N4O3S. The van der Waals surface area contributed by atoms with E-state index in [9.17, 15) is 13.2 Å². The fraction of sp³-hybridized carbons (Fsp3) is 0.200. The minimum absolute atomic E-state index is 0.173. The van der Waals surface area contributed by atoms with E-state index in [4.69, 9.17) is 0 Å². The molecule has 2 N–H and O–H groups in total. The Hall–Kier alpha value is -2.45. The van der Waals surface area contributed by atoms with Gasteiger partial charge in [0.2, 0.25) is 15.9 Å². The Morgan fingerprint density at radius 1 is 1.26 bits per heavy atom. The molecule has 1 heterocycles. The van der Waals surface area contributed by atoms with Crippen LogP contribution < -0.4 is 10.0 Å². The minimum Gasteiger partial charge on any atom is -0.307 e. The number of aromatic nitrogens is 2. The number of carbonyl (C=O) groups excluding carboxylic acids is 1. The molecule has 122 valence electrons. The molecule has 0 saturated carbocycles. The van der Waals surface area contributed by atoms with Gasteiger partial charge in [0.15, 0.2) is 0 Å². The largest absolute Gasteiger partial charge is 0.307 e. The van der Waals surface area contributed by atoms with Crippen molar-refractivity contribution in [3.63, 3.8) is 0 Å². The van der Waals surface area contributed by atoms with E-state index in [2.05, 4.69) is 15.1 Å². The van der Waals surface area contributed by atoms with Gasteiger partial charge in [0.05, 0.1) is 10.6 Å². The molecule has 0 unspecified atom stereocenters. The predicted molar refractivity (Wildman–Crippen MR) is 88.3 cm³/mol. The number of amides is 1. The van der Waals surface area contributed by atoms with Crippen LogP contribution >= 0.6 is 0 Å². The maximum Gasteiger partial charge on any atom is 0.249 e. The number of hydrogen-bond acceptors (Lipinski definition) is 4. The van der Waals surface area contributed by atoms with E-state index < -0.39 is 10.0 Å². The van der Waals surface area contributed by atoms with Crippen LogP contribution in [0.1, 0.15) is 11.3 Å². The van der Waals surface area contributed by atoms with Crippen LogP contribution in [-0.2, 0) is 21.9 Å². The van der Waals surface area contributed by atoms with Gasteiger partial charge in [0, 0.05) is 19.2 Å². The molecular weight excluding hydrogens is 316 g/mol. The molecule has 0 aliphatic rings. The highest BCUT2D eigenvalue weighted by Crippen LogP contribution is 2.12. The van der Waals surface area contributed by atoms with Crippen LogP contribution in [-0.4, -0.2) is 31.2 Å². The van der Waals surface area contributed by atoms with Gasteiger partial charge in [0.1, 0.15) is 5.82 Å². The first kappa shape index (κ1) is 16.9. The number of rotatable bonds is 5. The highest BCUT2D eigenvalue weighted by molar-refractivity contribution is 7.89. The molecule has 0 aliphatic carbocycles. The lowest BCUT2D eigenvalue weighted by Gasteiger charge is -2.03. The quantitative estimate of drug-likeness (QED) is 0.806. The number of anilines is 1. The summed E-state index contributed by atoms with van der Waals surface area (Å²) in [5, 5.41) is 6.85. The predicted octanol–water partition coefficient (Wildman–Crippen LogP) is 1.29. The molecule has 0 spiro atoms. The molecule has 0 bridgehead atoms. The summed E-state index contributed by atoms with van der Waals surface area (Å²) in [5.41, 5.74) is 1.53. The van der Waals surface area contributed by atoms with Crippen molar-refractivity contribution in [2.75, 3.05) is 12.4 Å². The maximum atomic E-state index is 11.9. The van der Waals surface area contributed by atoms with Gasteiger partial charge in [-0.1, -0.05) is 12.1 Å². The van der Waals surface area contributed by atoms with Gasteiger partial charge in [-0.25, -0.2) is 13.1 Å². The van der Waals surface area contributed by atoms with Gasteiger partial charge in [-0.15, -0.1) is 0 Å². The van der Waals surface area contributed by atoms with Crippen LogP contribution in [0, 0.1) is 6.92 Å². The summed E-state index contributed by atoms with van der Waals surface area (Å²) in [6.07, 6.45) is 2.98. The topological polar surface area (TPSA) is 93.1 Å². The Morgan fingerprint density at radius 2 is 1.91 bits per heavy atom. The summed E-state index contributed by atoms with van der Waals surface area (Å²) in [5.74, 6) is 0.313. The second-order valence-electron chi connectivity index (χ2n) is 4.89. The minimum atomic E-state index is -3.45. The van der Waals surface area contributed by atoms with Gasteiger partial charge in [0.25, 0.3) is 0 Å². The third-order valence-corrected chi connectivity index (χ3v) is 4.57. The van der Waals surface area contributed by atoms with Crippen molar-refractivity contribution in [1.29, 1.82) is 0 Å². The fourth-order valence-electron chi connectivity index (χ4n) is 1.94. The van der Waals surface area contributed by atoms with Gasteiger partial charge in [-0.2, -0.15) is 5.10 Å². The van der Waals surface area contributed by atoms with E-state index in [1.165, 1.54) is 25.3 Å². The Kier molecular flexibility index (Phi) is 4.97. The first-order valence-corrected chi connectivity index (χ1v) is 8.33. The highest BCUT2D eigenvalue weighted by Gasteiger charge is 2.10. The maximum absolute atomic E-state index is 11.9. The van der Waals surface area contributed by atoms with Crippen molar-refractivity contribution in [1.82, 2.24) is 14.5 Å². The average molecular weight is 334 g/mol. The average Bonchev–Trinajstić information content (AvgIpc) is 2.83. The van der Waals surface area contributed by atoms with E-state index in [-0.39, 0.29) is 10.8 Å². The van der Waals surface area contributed by atoms with Crippen molar-refractivity contribution in [2.45, 2.75) is 11.8 Å². The van der Waals surface area contributed by atoms with Crippen LogP contribution in [0.5, 0.6) is 0 Å².